The van der Waals surface area contributed by atoms with Crippen molar-refractivity contribution in [1.29, 1.82) is 0 Å². The van der Waals surface area contributed by atoms with E-state index in [9.17, 15) is 4.79 Å². The van der Waals surface area contributed by atoms with Crippen LogP contribution in [0.15, 0.2) is 6.07 Å². The van der Waals surface area contributed by atoms with Gasteiger partial charge in [0.25, 0.3) is 0 Å². The van der Waals surface area contributed by atoms with Gasteiger partial charge in [-0.1, -0.05) is 0 Å². The van der Waals surface area contributed by atoms with Crippen molar-refractivity contribution < 1.29 is 9.53 Å². The van der Waals surface area contributed by atoms with E-state index < -0.39 is 0 Å². The molecular formula is C14H23N5O2. The van der Waals surface area contributed by atoms with Gasteiger partial charge < -0.3 is 19.9 Å². The summed E-state index contributed by atoms with van der Waals surface area (Å²) in [5.74, 6) is 1.46. The number of amides is 1. The van der Waals surface area contributed by atoms with Crippen molar-refractivity contribution in [2.45, 2.75) is 13.0 Å². The van der Waals surface area contributed by atoms with Crippen LogP contribution in [0.4, 0.5) is 5.82 Å². The number of hydrogen-bond acceptors (Lipinski definition) is 6. The van der Waals surface area contributed by atoms with E-state index in [2.05, 4.69) is 15.3 Å². The lowest BCUT2D eigenvalue weighted by molar-refractivity contribution is -0.141. The van der Waals surface area contributed by atoms with Crippen LogP contribution in [0.25, 0.3) is 0 Å². The smallest absolute Gasteiger partial charge is 0.237 e. The topological polar surface area (TPSA) is 70.6 Å². The molecule has 1 aliphatic rings. The number of anilines is 1. The highest BCUT2D eigenvalue weighted by Crippen LogP contribution is 2.23. The summed E-state index contributed by atoms with van der Waals surface area (Å²) >= 11 is 0. The monoisotopic (exact) mass is 293 g/mol. The van der Waals surface area contributed by atoms with Gasteiger partial charge in [0.05, 0.1) is 19.8 Å². The predicted molar refractivity (Wildman–Crippen MR) is 80.1 cm³/mol. The zero-order valence-electron chi connectivity index (χ0n) is 13.1. The van der Waals surface area contributed by atoms with Crippen LogP contribution in [-0.4, -0.2) is 73.1 Å². The second kappa shape index (κ2) is 6.82. The Hall–Kier alpha value is -1.73. The summed E-state index contributed by atoms with van der Waals surface area (Å²) < 4.78 is 5.53. The molecule has 1 aromatic rings. The van der Waals surface area contributed by atoms with Crippen molar-refractivity contribution in [2.24, 2.45) is 0 Å². The molecule has 116 valence electrons. The highest BCUT2D eigenvalue weighted by Gasteiger charge is 2.31. The number of aryl methyl sites for hydroxylation is 1. The van der Waals surface area contributed by atoms with Crippen LogP contribution < -0.4 is 5.32 Å². The van der Waals surface area contributed by atoms with Gasteiger partial charge in [-0.25, -0.2) is 9.97 Å². The van der Waals surface area contributed by atoms with Gasteiger partial charge in [0, 0.05) is 25.4 Å². The molecule has 1 amide bonds. The fraction of sp³-hybridized carbons (Fsp3) is 0.643. The van der Waals surface area contributed by atoms with Gasteiger partial charge in [-0.3, -0.25) is 4.79 Å². The van der Waals surface area contributed by atoms with Gasteiger partial charge in [0.15, 0.2) is 5.82 Å². The quantitative estimate of drug-likeness (QED) is 0.860. The predicted octanol–water partition coefficient (Wildman–Crippen LogP) is 0.288. The lowest BCUT2D eigenvalue weighted by Gasteiger charge is -2.35. The number of aromatic nitrogens is 2. The number of rotatable bonds is 4. The standard InChI is InChI=1S/C14H23N5O2/c1-10-7-12(15-2)17-14(16-10)11-9-21-6-5-19(11)13(20)8-18(3)4/h7,11H,5-6,8-9H2,1-4H3,(H,15,16,17)/t11-/m0/s1. The fourth-order valence-corrected chi connectivity index (χ4v) is 2.35. The molecule has 1 fully saturated rings. The number of carbonyl (C=O) groups excluding carboxylic acids is 1. The summed E-state index contributed by atoms with van der Waals surface area (Å²) in [6, 6.07) is 1.65. The zero-order chi connectivity index (χ0) is 15.4. The molecule has 1 N–H and O–H groups in total. The first kappa shape index (κ1) is 15.7. The fourth-order valence-electron chi connectivity index (χ4n) is 2.35. The van der Waals surface area contributed by atoms with Crippen molar-refractivity contribution in [3.63, 3.8) is 0 Å². The van der Waals surface area contributed by atoms with E-state index in [-0.39, 0.29) is 11.9 Å². The summed E-state index contributed by atoms with van der Waals surface area (Å²) in [5.41, 5.74) is 0.870. The Bertz CT molecular complexity index is 506. The molecule has 0 spiro atoms. The average molecular weight is 293 g/mol. The van der Waals surface area contributed by atoms with Gasteiger partial charge in [-0.15, -0.1) is 0 Å². The van der Waals surface area contributed by atoms with Crippen LogP contribution in [-0.2, 0) is 9.53 Å². The molecule has 1 atom stereocenters. The highest BCUT2D eigenvalue weighted by molar-refractivity contribution is 5.78. The van der Waals surface area contributed by atoms with Gasteiger partial charge in [-0.2, -0.15) is 0 Å². The number of morpholine rings is 1. The van der Waals surface area contributed by atoms with Crippen molar-refractivity contribution >= 4 is 11.7 Å². The molecule has 1 saturated heterocycles. The van der Waals surface area contributed by atoms with Crippen molar-refractivity contribution in [1.82, 2.24) is 19.8 Å². The Labute approximate surface area is 125 Å². The van der Waals surface area contributed by atoms with Crippen LogP contribution >= 0.6 is 0 Å². The summed E-state index contributed by atoms with van der Waals surface area (Å²) in [4.78, 5) is 25.0. The normalized spacial score (nSPS) is 18.9. The molecule has 0 aliphatic carbocycles. The maximum atomic E-state index is 12.4. The van der Waals surface area contributed by atoms with E-state index in [1.54, 1.807) is 0 Å². The maximum Gasteiger partial charge on any atom is 0.237 e. The van der Waals surface area contributed by atoms with E-state index in [0.717, 1.165) is 11.5 Å². The summed E-state index contributed by atoms with van der Waals surface area (Å²) in [7, 11) is 5.59. The lowest BCUT2D eigenvalue weighted by atomic mass is 10.2. The molecular weight excluding hydrogens is 270 g/mol. The highest BCUT2D eigenvalue weighted by atomic mass is 16.5. The van der Waals surface area contributed by atoms with E-state index >= 15 is 0 Å². The van der Waals surface area contributed by atoms with E-state index in [1.807, 2.05) is 43.9 Å². The molecule has 0 saturated carbocycles. The van der Waals surface area contributed by atoms with E-state index in [1.165, 1.54) is 0 Å². The van der Waals surface area contributed by atoms with Crippen LogP contribution in [0.2, 0.25) is 0 Å². The first-order chi connectivity index (χ1) is 10.0. The molecule has 0 radical (unpaired) electrons. The third-order valence-corrected chi connectivity index (χ3v) is 3.33. The van der Waals surface area contributed by atoms with Crippen molar-refractivity contribution in [3.8, 4) is 0 Å². The molecule has 21 heavy (non-hydrogen) atoms. The number of nitrogens with zero attached hydrogens (tertiary/aromatic N) is 4. The Morgan fingerprint density at radius 1 is 1.52 bits per heavy atom. The third kappa shape index (κ3) is 3.89. The molecule has 1 aromatic heterocycles. The molecule has 2 heterocycles. The number of nitrogens with one attached hydrogen (secondary N) is 1. The van der Waals surface area contributed by atoms with E-state index in [4.69, 9.17) is 4.74 Å². The van der Waals surface area contributed by atoms with Gasteiger partial charge in [0.2, 0.25) is 5.91 Å². The first-order valence-corrected chi connectivity index (χ1v) is 7.06. The third-order valence-electron chi connectivity index (χ3n) is 3.33. The number of likely N-dealkylation sites (N-methyl/N-ethyl adjacent to an activating group) is 1. The average Bonchev–Trinajstić information content (AvgIpc) is 2.45. The SMILES string of the molecule is CNc1cc(C)nc([C@@H]2COCCN2C(=O)CN(C)C)n1. The second-order valence-corrected chi connectivity index (χ2v) is 5.42. The second-order valence-electron chi connectivity index (χ2n) is 5.42. The minimum absolute atomic E-state index is 0.0735. The molecule has 2 rings (SSSR count). The zero-order valence-corrected chi connectivity index (χ0v) is 13.1. The number of hydrogen-bond donors (Lipinski definition) is 1. The Morgan fingerprint density at radius 3 is 2.95 bits per heavy atom. The Kier molecular flexibility index (Phi) is 5.08. The van der Waals surface area contributed by atoms with Gasteiger partial charge >= 0.3 is 0 Å². The number of ether oxygens (including phenoxy) is 1. The lowest BCUT2D eigenvalue weighted by Crippen LogP contribution is -2.47. The first-order valence-electron chi connectivity index (χ1n) is 7.06. The molecule has 1 aliphatic heterocycles. The van der Waals surface area contributed by atoms with Crippen LogP contribution in [0.3, 0.4) is 0 Å². The van der Waals surface area contributed by atoms with Crippen molar-refractivity contribution in [2.75, 3.05) is 52.8 Å². The van der Waals surface area contributed by atoms with Gasteiger partial charge in [0.1, 0.15) is 11.9 Å². The Morgan fingerprint density at radius 2 is 2.29 bits per heavy atom. The molecule has 0 bridgehead atoms. The van der Waals surface area contributed by atoms with Crippen LogP contribution in [0.1, 0.15) is 17.6 Å². The van der Waals surface area contributed by atoms with Crippen LogP contribution in [0.5, 0.6) is 0 Å². The molecule has 7 nitrogen and oxygen atoms in total. The molecule has 0 aromatic carbocycles. The summed E-state index contributed by atoms with van der Waals surface area (Å²) in [6.45, 7) is 3.86. The Balaban J connectivity index is 2.26. The molecule has 7 heteroatoms. The van der Waals surface area contributed by atoms with Gasteiger partial charge in [-0.05, 0) is 21.0 Å². The van der Waals surface area contributed by atoms with E-state index in [0.29, 0.717) is 32.1 Å². The number of carbonyl (C=O) groups is 1. The van der Waals surface area contributed by atoms with Crippen LogP contribution in [0, 0.1) is 6.92 Å². The maximum absolute atomic E-state index is 12.4. The van der Waals surface area contributed by atoms with Crippen molar-refractivity contribution in [3.05, 3.63) is 17.6 Å². The summed E-state index contributed by atoms with van der Waals surface area (Å²) in [5, 5.41) is 3.02. The summed E-state index contributed by atoms with van der Waals surface area (Å²) in [6.07, 6.45) is 0. The largest absolute Gasteiger partial charge is 0.377 e. The minimum atomic E-state index is -0.224. The minimum Gasteiger partial charge on any atom is -0.377 e. The molecule has 0 unspecified atom stereocenters.